The number of piperidine rings is 1. The molecule has 0 aromatic rings. The lowest BCUT2D eigenvalue weighted by Crippen LogP contribution is -2.50. The molecule has 0 spiro atoms. The lowest BCUT2D eigenvalue weighted by Gasteiger charge is -2.33. The van der Waals surface area contributed by atoms with Crippen molar-refractivity contribution in [3.8, 4) is 0 Å². The van der Waals surface area contributed by atoms with E-state index in [4.69, 9.17) is 20.9 Å². The number of nitrogens with two attached hydrogens (primary N) is 1. The molecule has 1 atom stereocenters. The van der Waals surface area contributed by atoms with Crippen LogP contribution in [-0.2, 0) is 4.79 Å². The maximum absolute atomic E-state index is 11.4. The van der Waals surface area contributed by atoms with Crippen LogP contribution in [0.5, 0.6) is 0 Å². The summed E-state index contributed by atoms with van der Waals surface area (Å²) in [6, 6.07) is 0. The number of halogens is 2. The molecule has 0 aliphatic carbocycles. The third-order valence-electron chi connectivity index (χ3n) is 4.60. The zero-order valence-corrected chi connectivity index (χ0v) is 15.6. The Morgan fingerprint density at radius 1 is 1.17 bits per heavy atom. The third kappa shape index (κ3) is 9.41. The molecule has 1 unspecified atom stereocenters. The molecule has 0 amide bonds. The summed E-state index contributed by atoms with van der Waals surface area (Å²) in [5, 5.41) is 36.1. The van der Waals surface area contributed by atoms with Crippen LogP contribution in [0.3, 0.4) is 0 Å². The van der Waals surface area contributed by atoms with E-state index in [9.17, 15) is 9.90 Å². The van der Waals surface area contributed by atoms with Crippen molar-refractivity contribution in [3.63, 3.8) is 0 Å². The van der Waals surface area contributed by atoms with Crippen LogP contribution < -0.4 is 5.73 Å². The number of rotatable bonds is 10. The molecule has 0 saturated carbocycles. The largest absolute Gasteiger partial charge is 0.480 e. The molecule has 1 fully saturated rings. The maximum atomic E-state index is 11.4. The molecule has 1 heterocycles. The minimum absolute atomic E-state index is 0. The number of hydrogen-bond donors (Lipinski definition) is 5. The third-order valence-corrected chi connectivity index (χ3v) is 4.60. The van der Waals surface area contributed by atoms with Gasteiger partial charge in [-0.3, -0.25) is 4.79 Å². The first kappa shape index (κ1) is 26.1. The van der Waals surface area contributed by atoms with Crippen LogP contribution in [-0.4, -0.2) is 70.0 Å². The van der Waals surface area contributed by atoms with Crippen molar-refractivity contribution in [2.75, 3.05) is 26.2 Å². The van der Waals surface area contributed by atoms with Crippen molar-refractivity contribution in [1.29, 1.82) is 0 Å². The van der Waals surface area contributed by atoms with Gasteiger partial charge in [-0.2, -0.15) is 0 Å². The van der Waals surface area contributed by atoms with Crippen LogP contribution in [0.4, 0.5) is 0 Å². The fourth-order valence-corrected chi connectivity index (χ4v) is 2.86. The lowest BCUT2D eigenvalue weighted by molar-refractivity contribution is -0.144. The lowest BCUT2D eigenvalue weighted by atomic mass is 9.81. The number of aliphatic carboxylic acids is 1. The average molecular weight is 389 g/mol. The molecule has 0 aromatic heterocycles. The van der Waals surface area contributed by atoms with E-state index in [0.29, 0.717) is 38.1 Å². The molecular weight excluding hydrogens is 358 g/mol. The topological polar surface area (TPSA) is 127 Å². The van der Waals surface area contributed by atoms with Crippen LogP contribution in [0.1, 0.15) is 38.5 Å². The number of carbonyl (C=O) groups is 1. The van der Waals surface area contributed by atoms with Gasteiger partial charge in [0, 0.05) is 13.2 Å². The van der Waals surface area contributed by atoms with Gasteiger partial charge in [-0.05, 0) is 51.0 Å². The molecule has 10 heteroatoms. The summed E-state index contributed by atoms with van der Waals surface area (Å²) in [4.78, 5) is 13.6. The Balaban J connectivity index is 0. The Hall–Kier alpha value is -0.0851. The minimum Gasteiger partial charge on any atom is -0.480 e. The summed E-state index contributed by atoms with van der Waals surface area (Å²) in [5.41, 5.74) is 4.78. The Morgan fingerprint density at radius 3 is 2.21 bits per heavy atom. The van der Waals surface area contributed by atoms with Gasteiger partial charge in [-0.15, -0.1) is 24.8 Å². The van der Waals surface area contributed by atoms with E-state index < -0.39 is 18.6 Å². The van der Waals surface area contributed by atoms with Crippen molar-refractivity contribution in [3.05, 3.63) is 0 Å². The Kier molecular flexibility index (Phi) is 14.3. The Bertz CT molecular complexity index is 347. The number of carboxylic acids is 1. The van der Waals surface area contributed by atoms with E-state index in [2.05, 4.69) is 4.90 Å². The van der Waals surface area contributed by atoms with Crippen LogP contribution in [0.25, 0.3) is 0 Å². The Labute approximate surface area is 156 Å². The first-order valence-corrected chi connectivity index (χ1v) is 8.09. The number of likely N-dealkylation sites (tertiary alicyclic amines) is 1. The van der Waals surface area contributed by atoms with Crippen molar-refractivity contribution in [2.45, 2.75) is 50.4 Å². The highest BCUT2D eigenvalue weighted by Crippen LogP contribution is 2.21. The molecule has 1 saturated heterocycles. The predicted molar refractivity (Wildman–Crippen MR) is 98.8 cm³/mol. The first-order chi connectivity index (χ1) is 10.4. The normalized spacial score (nSPS) is 18.2. The van der Waals surface area contributed by atoms with Crippen molar-refractivity contribution < 1.29 is 25.1 Å². The minimum atomic E-state index is -1.34. The molecule has 7 nitrogen and oxygen atoms in total. The number of unbranched alkanes of at least 4 members (excludes halogenated alkanes) is 1. The van der Waals surface area contributed by atoms with Gasteiger partial charge in [0.1, 0.15) is 5.54 Å². The maximum Gasteiger partial charge on any atom is 0.451 e. The molecule has 0 radical (unpaired) electrons. The molecule has 1 aliphatic heterocycles. The molecular formula is C14H31BCl2N2O5. The second-order valence-corrected chi connectivity index (χ2v) is 6.41. The average Bonchev–Trinajstić information content (AvgIpc) is 2.49. The van der Waals surface area contributed by atoms with Gasteiger partial charge in [0.05, 0.1) is 0 Å². The van der Waals surface area contributed by atoms with Crippen molar-refractivity contribution in [2.24, 2.45) is 11.7 Å². The van der Waals surface area contributed by atoms with E-state index in [0.717, 1.165) is 25.9 Å². The molecule has 0 bridgehead atoms. The fourth-order valence-electron chi connectivity index (χ4n) is 2.86. The van der Waals surface area contributed by atoms with E-state index in [1.165, 1.54) is 0 Å². The Morgan fingerprint density at radius 2 is 1.75 bits per heavy atom. The second kappa shape index (κ2) is 13.2. The predicted octanol–water partition coefficient (Wildman–Crippen LogP) is 0.350. The summed E-state index contributed by atoms with van der Waals surface area (Å²) in [6.07, 6.45) is 3.95. The van der Waals surface area contributed by atoms with Gasteiger partial charge in [-0.25, -0.2) is 0 Å². The first-order valence-electron chi connectivity index (χ1n) is 8.09. The van der Waals surface area contributed by atoms with E-state index in [1.807, 2.05) is 0 Å². The highest BCUT2D eigenvalue weighted by molar-refractivity contribution is 6.40. The number of aliphatic hydroxyl groups is 1. The van der Waals surface area contributed by atoms with Gasteiger partial charge in [0.2, 0.25) is 0 Å². The monoisotopic (exact) mass is 388 g/mol. The fraction of sp³-hybridized carbons (Fsp3) is 0.929. The molecule has 144 valence electrons. The quantitative estimate of drug-likeness (QED) is 0.270. The van der Waals surface area contributed by atoms with Crippen LogP contribution >= 0.6 is 24.8 Å². The van der Waals surface area contributed by atoms with Crippen molar-refractivity contribution in [1.82, 2.24) is 4.90 Å². The van der Waals surface area contributed by atoms with Crippen LogP contribution in [0.15, 0.2) is 0 Å². The molecule has 24 heavy (non-hydrogen) atoms. The highest BCUT2D eigenvalue weighted by Gasteiger charge is 2.34. The molecule has 0 aromatic carbocycles. The molecule has 6 N–H and O–H groups in total. The number of aliphatic hydroxyl groups excluding tert-OH is 1. The van der Waals surface area contributed by atoms with E-state index in [1.54, 1.807) is 0 Å². The van der Waals surface area contributed by atoms with Crippen LogP contribution in [0.2, 0.25) is 6.32 Å². The van der Waals surface area contributed by atoms with Gasteiger partial charge in [0.25, 0.3) is 0 Å². The molecule has 1 rings (SSSR count). The SMILES string of the molecule is Cl.Cl.NC(CCCCB(O)O)(CCN1CCC(CO)CC1)C(=O)O. The van der Waals surface area contributed by atoms with Crippen LogP contribution in [0, 0.1) is 5.92 Å². The summed E-state index contributed by atoms with van der Waals surface area (Å²) in [5.74, 6) is -0.634. The number of hydrogen-bond acceptors (Lipinski definition) is 6. The summed E-state index contributed by atoms with van der Waals surface area (Å²) < 4.78 is 0. The standard InChI is InChI=1S/C14H29BN2O5.2ClH/c16-14(13(19)20,5-1-2-7-15(21)22)6-10-17-8-3-12(11-18)4-9-17;;/h12,18,21-22H,1-11,16H2,(H,19,20);2*1H. The number of nitrogens with zero attached hydrogens (tertiary/aromatic N) is 1. The highest BCUT2D eigenvalue weighted by atomic mass is 35.5. The smallest absolute Gasteiger partial charge is 0.451 e. The zero-order chi connectivity index (χ0) is 16.6. The summed E-state index contributed by atoms with van der Waals surface area (Å²) in [6.45, 7) is 2.61. The number of carboxylic acid groups (broad SMARTS) is 1. The summed E-state index contributed by atoms with van der Waals surface area (Å²) in [7, 11) is -1.34. The van der Waals surface area contributed by atoms with Gasteiger partial charge in [0.15, 0.2) is 0 Å². The van der Waals surface area contributed by atoms with E-state index in [-0.39, 0.29) is 37.7 Å². The second-order valence-electron chi connectivity index (χ2n) is 6.41. The van der Waals surface area contributed by atoms with E-state index >= 15 is 0 Å². The zero-order valence-electron chi connectivity index (χ0n) is 14.0. The van der Waals surface area contributed by atoms with Gasteiger partial charge < -0.3 is 30.9 Å². The summed E-state index contributed by atoms with van der Waals surface area (Å²) >= 11 is 0. The van der Waals surface area contributed by atoms with Gasteiger partial charge >= 0.3 is 13.1 Å². The van der Waals surface area contributed by atoms with Crippen molar-refractivity contribution >= 4 is 37.9 Å². The molecule has 1 aliphatic rings. The van der Waals surface area contributed by atoms with Gasteiger partial charge in [-0.1, -0.05) is 12.8 Å².